The molecule has 172 valence electrons. The lowest BCUT2D eigenvalue weighted by molar-refractivity contribution is -0.125. The number of carbonyl (C=O) groups excluding carboxylic acids is 1. The van der Waals surface area contributed by atoms with Gasteiger partial charge in [0, 0.05) is 39.8 Å². The zero-order valence-corrected chi connectivity index (χ0v) is 21.3. The van der Waals surface area contributed by atoms with Crippen LogP contribution in [0, 0.1) is 11.3 Å². The van der Waals surface area contributed by atoms with Crippen LogP contribution < -0.4 is 4.90 Å². The van der Waals surface area contributed by atoms with Crippen molar-refractivity contribution >= 4 is 46.6 Å². The van der Waals surface area contributed by atoms with Crippen molar-refractivity contribution in [1.29, 1.82) is 0 Å². The van der Waals surface area contributed by atoms with Gasteiger partial charge in [0.25, 0.3) is 0 Å². The van der Waals surface area contributed by atoms with Gasteiger partial charge in [0.15, 0.2) is 0 Å². The minimum Gasteiger partial charge on any atom is -0.381 e. The number of halogens is 2. The van der Waals surface area contributed by atoms with Gasteiger partial charge in [0.2, 0.25) is 5.91 Å². The minimum atomic E-state index is -0.455. The fourth-order valence-corrected chi connectivity index (χ4v) is 5.89. The van der Waals surface area contributed by atoms with Gasteiger partial charge in [-0.05, 0) is 73.6 Å². The van der Waals surface area contributed by atoms with Crippen LogP contribution in [-0.2, 0) is 14.3 Å². The van der Waals surface area contributed by atoms with Gasteiger partial charge in [-0.2, -0.15) is 0 Å². The Morgan fingerprint density at radius 3 is 2.31 bits per heavy atom. The van der Waals surface area contributed by atoms with Crippen molar-refractivity contribution in [3.63, 3.8) is 0 Å². The van der Waals surface area contributed by atoms with Crippen molar-refractivity contribution in [1.82, 2.24) is 0 Å². The maximum absolute atomic E-state index is 13.2. The summed E-state index contributed by atoms with van der Waals surface area (Å²) in [6, 6.07) is 14.3. The van der Waals surface area contributed by atoms with Gasteiger partial charge in [0.05, 0.1) is 10.7 Å². The van der Waals surface area contributed by atoms with Gasteiger partial charge >= 0.3 is 0 Å². The third-order valence-corrected chi connectivity index (χ3v) is 8.31. The molecule has 1 saturated carbocycles. The van der Waals surface area contributed by atoms with Crippen LogP contribution in [0.25, 0.3) is 0 Å². The van der Waals surface area contributed by atoms with Crippen LogP contribution in [0.1, 0.15) is 52.0 Å². The number of nitrogens with zero attached hydrogens (tertiary/aromatic N) is 1. The highest BCUT2D eigenvalue weighted by Gasteiger charge is 2.38. The maximum Gasteiger partial charge on any atom is 0.232 e. The van der Waals surface area contributed by atoms with Gasteiger partial charge in [-0.1, -0.05) is 50.0 Å². The second-order valence-corrected chi connectivity index (χ2v) is 12.2. The van der Waals surface area contributed by atoms with E-state index in [2.05, 4.69) is 24.3 Å². The molecule has 1 aliphatic heterocycles. The number of ether oxygens (including phenoxy) is 1. The van der Waals surface area contributed by atoms with Gasteiger partial charge in [-0.25, -0.2) is 0 Å². The molecule has 0 aromatic heterocycles. The Hall–Kier alpha value is -1.20. The first-order valence-electron chi connectivity index (χ1n) is 11.3. The summed E-state index contributed by atoms with van der Waals surface area (Å²) in [7, 11) is 0. The molecule has 0 atom stereocenters. The molecule has 1 saturated heterocycles. The van der Waals surface area contributed by atoms with Crippen LogP contribution in [0.3, 0.4) is 0 Å². The summed E-state index contributed by atoms with van der Waals surface area (Å²) in [6.45, 7) is 8.09. The summed E-state index contributed by atoms with van der Waals surface area (Å²) in [5, 5.41) is 1.38. The van der Waals surface area contributed by atoms with E-state index in [-0.39, 0.29) is 10.7 Å². The first-order valence-corrected chi connectivity index (χ1v) is 12.9. The van der Waals surface area contributed by atoms with Crippen molar-refractivity contribution in [3.8, 4) is 0 Å². The van der Waals surface area contributed by atoms with Crippen LogP contribution in [0.2, 0.25) is 10.0 Å². The highest BCUT2D eigenvalue weighted by atomic mass is 35.5. The SMILES string of the molecule is CC(C)(C)C(=O)N(CC1CC1)c1ccc(C2(Sc3ccc(Cl)cc3)CCOCC2)cc1Cl. The topological polar surface area (TPSA) is 29.5 Å². The number of amides is 1. The summed E-state index contributed by atoms with van der Waals surface area (Å²) >= 11 is 14.8. The molecule has 2 aromatic rings. The van der Waals surface area contributed by atoms with E-state index in [4.69, 9.17) is 27.9 Å². The molecule has 6 heteroatoms. The highest BCUT2D eigenvalue weighted by molar-refractivity contribution is 8.00. The molecule has 1 heterocycles. The summed E-state index contributed by atoms with van der Waals surface area (Å²) in [5.41, 5.74) is 1.55. The fraction of sp³-hybridized carbons (Fsp3) is 0.500. The van der Waals surface area contributed by atoms with Gasteiger partial charge in [0.1, 0.15) is 0 Å². The van der Waals surface area contributed by atoms with Gasteiger partial charge in [-0.15, -0.1) is 11.8 Å². The number of hydrogen-bond donors (Lipinski definition) is 0. The Bertz CT molecular complexity index is 961. The fourth-order valence-electron chi connectivity index (χ4n) is 4.14. The van der Waals surface area contributed by atoms with E-state index in [1.165, 1.54) is 23.3 Å². The van der Waals surface area contributed by atoms with Crippen LogP contribution in [0.5, 0.6) is 0 Å². The molecule has 1 amide bonds. The van der Waals surface area contributed by atoms with E-state index in [1.807, 2.05) is 55.6 Å². The molecular weight excluding hydrogens is 461 g/mol. The number of hydrogen-bond acceptors (Lipinski definition) is 3. The molecule has 4 rings (SSSR count). The lowest BCUT2D eigenvalue weighted by Gasteiger charge is -2.38. The van der Waals surface area contributed by atoms with E-state index in [0.29, 0.717) is 10.9 Å². The summed E-state index contributed by atoms with van der Waals surface area (Å²) in [6.07, 6.45) is 4.18. The normalized spacial score (nSPS) is 18.4. The zero-order valence-electron chi connectivity index (χ0n) is 19.0. The molecule has 32 heavy (non-hydrogen) atoms. The van der Waals surface area contributed by atoms with E-state index < -0.39 is 5.41 Å². The molecule has 0 unspecified atom stereocenters. The second-order valence-electron chi connectivity index (χ2n) is 9.94. The van der Waals surface area contributed by atoms with Gasteiger partial charge < -0.3 is 9.64 Å². The van der Waals surface area contributed by atoms with Crippen LogP contribution >= 0.6 is 35.0 Å². The van der Waals surface area contributed by atoms with Crippen molar-refractivity contribution in [3.05, 3.63) is 58.1 Å². The Morgan fingerprint density at radius 2 is 1.75 bits per heavy atom. The average molecular weight is 493 g/mol. The van der Waals surface area contributed by atoms with Crippen LogP contribution in [0.15, 0.2) is 47.4 Å². The Labute approximate surface area is 205 Å². The summed E-state index contributed by atoms with van der Waals surface area (Å²) in [4.78, 5) is 16.3. The third kappa shape index (κ3) is 5.47. The first-order chi connectivity index (χ1) is 15.2. The maximum atomic E-state index is 13.2. The smallest absolute Gasteiger partial charge is 0.232 e. The number of benzene rings is 2. The molecule has 1 aliphatic carbocycles. The molecule has 2 fully saturated rings. The number of rotatable bonds is 6. The predicted octanol–water partition coefficient (Wildman–Crippen LogP) is 7.58. The standard InChI is InChI=1S/C26H31Cl2NO2S/c1-25(2,3)24(30)29(17-18-4-5-18)23-11-6-19(16-22(23)28)26(12-14-31-15-13-26)32-21-9-7-20(27)8-10-21/h6-11,16,18H,4-5,12-15,17H2,1-3H3. The quantitative estimate of drug-likeness (QED) is 0.416. The zero-order chi connectivity index (χ0) is 22.9. The van der Waals surface area contributed by atoms with Gasteiger partial charge in [-0.3, -0.25) is 4.79 Å². The molecule has 0 radical (unpaired) electrons. The Balaban J connectivity index is 1.67. The monoisotopic (exact) mass is 491 g/mol. The molecular formula is C26H31Cl2NO2S. The summed E-state index contributed by atoms with van der Waals surface area (Å²) < 4.78 is 5.57. The lowest BCUT2D eigenvalue weighted by atomic mass is 9.90. The number of thioether (sulfide) groups is 1. The summed E-state index contributed by atoms with van der Waals surface area (Å²) in [5.74, 6) is 0.703. The van der Waals surface area contributed by atoms with Crippen LogP contribution in [0.4, 0.5) is 5.69 Å². The van der Waals surface area contributed by atoms with E-state index in [0.717, 1.165) is 43.3 Å². The molecule has 0 N–H and O–H groups in total. The average Bonchev–Trinajstić information content (AvgIpc) is 3.58. The van der Waals surface area contributed by atoms with E-state index in [9.17, 15) is 4.79 Å². The molecule has 2 aromatic carbocycles. The van der Waals surface area contributed by atoms with Crippen LogP contribution in [-0.4, -0.2) is 25.7 Å². The highest BCUT2D eigenvalue weighted by Crippen LogP contribution is 2.50. The minimum absolute atomic E-state index is 0.121. The largest absolute Gasteiger partial charge is 0.381 e. The molecule has 2 aliphatic rings. The van der Waals surface area contributed by atoms with E-state index >= 15 is 0 Å². The Morgan fingerprint density at radius 1 is 1.09 bits per heavy atom. The third-order valence-electron chi connectivity index (χ3n) is 6.22. The predicted molar refractivity (Wildman–Crippen MR) is 135 cm³/mol. The first kappa shape index (κ1) is 23.9. The number of carbonyl (C=O) groups is 1. The molecule has 0 spiro atoms. The lowest BCUT2D eigenvalue weighted by Crippen LogP contribution is -2.41. The van der Waals surface area contributed by atoms with Crippen molar-refractivity contribution in [2.75, 3.05) is 24.7 Å². The second kappa shape index (κ2) is 9.58. The van der Waals surface area contributed by atoms with E-state index in [1.54, 1.807) is 0 Å². The van der Waals surface area contributed by atoms with Crippen molar-refractivity contribution < 1.29 is 9.53 Å². The van der Waals surface area contributed by atoms with Crippen molar-refractivity contribution in [2.45, 2.75) is 56.1 Å². The Kier molecular flexibility index (Phi) is 7.17. The molecule has 0 bridgehead atoms. The van der Waals surface area contributed by atoms with Crippen molar-refractivity contribution in [2.24, 2.45) is 11.3 Å². The molecule has 3 nitrogen and oxygen atoms in total. The number of anilines is 1.